The Morgan fingerprint density at radius 1 is 0.881 bits per heavy atom. The van der Waals surface area contributed by atoms with E-state index in [2.05, 4.69) is 31.4 Å². The summed E-state index contributed by atoms with van der Waals surface area (Å²) in [5.74, 6) is -1.33. The third kappa shape index (κ3) is 10.1. The topological polar surface area (TPSA) is 179 Å². The van der Waals surface area contributed by atoms with Crippen molar-refractivity contribution in [2.24, 2.45) is 26.8 Å². The number of esters is 1. The zero-order chi connectivity index (χ0) is 42.4. The lowest BCUT2D eigenvalue weighted by molar-refractivity contribution is -0.144. The molecule has 2 atom stereocenters. The van der Waals surface area contributed by atoms with Crippen molar-refractivity contribution in [3.63, 3.8) is 0 Å². The minimum Gasteiger partial charge on any atom is -0.511 e. The summed E-state index contributed by atoms with van der Waals surface area (Å²) in [6.07, 6.45) is 19.5. The van der Waals surface area contributed by atoms with Crippen molar-refractivity contribution in [2.75, 3.05) is 18.9 Å². The molecule has 4 N–H and O–H groups in total. The maximum absolute atomic E-state index is 13.7. The summed E-state index contributed by atoms with van der Waals surface area (Å²) in [5, 5.41) is 17.7. The predicted molar refractivity (Wildman–Crippen MR) is 233 cm³/mol. The molecule has 0 spiro atoms. The molecule has 59 heavy (non-hydrogen) atoms. The fraction of sp³-hybridized carbons (Fsp3) is 0.543. The van der Waals surface area contributed by atoms with Gasteiger partial charge in [-0.3, -0.25) is 14.1 Å². The van der Waals surface area contributed by atoms with Gasteiger partial charge in [-0.2, -0.15) is 8.42 Å². The van der Waals surface area contributed by atoms with Gasteiger partial charge in [-0.1, -0.05) is 78.6 Å². The van der Waals surface area contributed by atoms with Crippen molar-refractivity contribution in [1.82, 2.24) is 10.6 Å². The molecule has 0 aromatic rings. The van der Waals surface area contributed by atoms with Crippen LogP contribution in [0.4, 0.5) is 0 Å². The van der Waals surface area contributed by atoms with E-state index in [0.29, 0.717) is 54.3 Å². The zero-order valence-electron chi connectivity index (χ0n) is 35.6. The first-order chi connectivity index (χ1) is 28.2. The molecule has 0 aromatic heterocycles. The molecule has 12 nitrogen and oxygen atoms in total. The van der Waals surface area contributed by atoms with Crippen LogP contribution in [-0.2, 0) is 24.4 Å². The molecule has 13 heteroatoms. The lowest BCUT2D eigenvalue weighted by Gasteiger charge is -2.17. The predicted octanol–water partition coefficient (Wildman–Crippen LogP) is 8.91. The molecule has 1 saturated heterocycles. The maximum Gasteiger partial charge on any atom is 0.305 e. The number of amides is 1. The number of carbonyl (C=O) groups excluding carboxylic acids is 2. The Morgan fingerprint density at radius 3 is 2.22 bits per heavy atom. The van der Waals surface area contributed by atoms with E-state index < -0.39 is 21.8 Å². The monoisotopic (exact) mass is 827 g/mol. The molecular weight excluding hydrogens is 767 g/mol. The zero-order valence-corrected chi connectivity index (χ0v) is 36.4. The van der Waals surface area contributed by atoms with Crippen molar-refractivity contribution >= 4 is 39.1 Å². The Hall–Kier alpha value is -4.62. The van der Waals surface area contributed by atoms with Crippen molar-refractivity contribution < 1.29 is 32.4 Å². The van der Waals surface area contributed by atoms with Crippen molar-refractivity contribution in [1.29, 1.82) is 0 Å². The Labute approximate surface area is 349 Å². The molecule has 5 aliphatic heterocycles. The summed E-state index contributed by atoms with van der Waals surface area (Å²) in [6.45, 7) is 12.3. The number of aliphatic hydroxyl groups excluding tert-OH is 1. The van der Waals surface area contributed by atoms with Gasteiger partial charge in [0.1, 0.15) is 5.76 Å². The fourth-order valence-electron chi connectivity index (χ4n) is 8.89. The Morgan fingerprint density at radius 2 is 1.54 bits per heavy atom. The second-order valence-corrected chi connectivity index (χ2v) is 18.0. The molecule has 318 valence electrons. The molecule has 6 rings (SSSR count). The van der Waals surface area contributed by atoms with Crippen molar-refractivity contribution in [3.8, 4) is 0 Å². The van der Waals surface area contributed by atoms with Gasteiger partial charge in [-0.15, -0.1) is 0 Å². The van der Waals surface area contributed by atoms with Crippen LogP contribution in [0.3, 0.4) is 0 Å². The van der Waals surface area contributed by atoms with Gasteiger partial charge in [0, 0.05) is 53.8 Å². The van der Waals surface area contributed by atoms with Crippen LogP contribution in [-0.4, -0.2) is 66.0 Å². The van der Waals surface area contributed by atoms with E-state index in [-0.39, 0.29) is 42.1 Å². The van der Waals surface area contributed by atoms with Crippen LogP contribution < -0.4 is 10.6 Å². The van der Waals surface area contributed by atoms with E-state index in [1.807, 2.05) is 26.0 Å². The van der Waals surface area contributed by atoms with Gasteiger partial charge in [0.2, 0.25) is 0 Å². The second kappa shape index (κ2) is 19.2. The highest BCUT2D eigenvalue weighted by Crippen LogP contribution is 2.46. The van der Waals surface area contributed by atoms with Gasteiger partial charge in [-0.25, -0.2) is 15.0 Å². The fourth-order valence-corrected chi connectivity index (χ4v) is 9.25. The number of ether oxygens (including phenoxy) is 1. The van der Waals surface area contributed by atoms with Crippen molar-refractivity contribution in [3.05, 3.63) is 91.5 Å². The minimum atomic E-state index is -4.28. The van der Waals surface area contributed by atoms with Crippen LogP contribution in [0, 0.1) is 11.8 Å². The average molecular weight is 828 g/mol. The van der Waals surface area contributed by atoms with E-state index in [0.717, 1.165) is 69.9 Å². The highest BCUT2D eigenvalue weighted by Gasteiger charge is 2.41. The molecule has 0 radical (unpaired) electrons. The van der Waals surface area contributed by atoms with Gasteiger partial charge in [0.15, 0.2) is 0 Å². The molecule has 0 aromatic carbocycles. The number of fused-ring (bicyclic) bond motifs is 5. The maximum atomic E-state index is 13.7. The summed E-state index contributed by atoms with van der Waals surface area (Å²) >= 11 is 0. The first-order valence-electron chi connectivity index (χ1n) is 21.6. The summed E-state index contributed by atoms with van der Waals surface area (Å²) in [7, 11) is -4.28. The lowest BCUT2D eigenvalue weighted by atomic mass is 9.86. The Kier molecular flexibility index (Phi) is 14.3. The standard InChI is InChI=1S/C46H61N5O7S/c1-7-9-10-11-12-13-14-15-16-17-21-58-41(53)19-18-32-28(4)35-24-36-29(5)42(46(54)47-20-22-59(55,56)57)39(49-36)26-34-27(3)31(8-2)38(48-34)25-37-30(6)43-40(52)23-33(44(32)50-35)45(43)51-37/h24-26,28,32,50,52H,7-23H2,1-6H3,(H,47,54)(H,55,56,57)/t28-,32-/m0/s1. The minimum absolute atomic E-state index is 0.0972. The van der Waals surface area contributed by atoms with Crippen LogP contribution in [0.1, 0.15) is 131 Å². The third-order valence-corrected chi connectivity index (χ3v) is 13.1. The molecule has 1 amide bonds. The molecule has 1 fully saturated rings. The molecule has 5 heterocycles. The van der Waals surface area contributed by atoms with Crippen LogP contribution in [0.5, 0.6) is 0 Å². The van der Waals surface area contributed by atoms with Crippen molar-refractivity contribution in [2.45, 2.75) is 131 Å². The number of carbonyl (C=O) groups is 2. The number of allylic oxidation sites excluding steroid dienone is 11. The Bertz CT molecular complexity index is 2220. The quantitative estimate of drug-likeness (QED) is 0.0566. The summed E-state index contributed by atoms with van der Waals surface area (Å²) in [5.41, 5.74) is 10.8. The average Bonchev–Trinajstić information content (AvgIpc) is 3.94. The number of rotatable bonds is 19. The normalized spacial score (nSPS) is 21.2. The third-order valence-electron chi connectivity index (χ3n) is 12.3. The lowest BCUT2D eigenvalue weighted by Crippen LogP contribution is -2.30. The van der Waals surface area contributed by atoms with Gasteiger partial charge < -0.3 is 20.5 Å². The van der Waals surface area contributed by atoms with Gasteiger partial charge >= 0.3 is 5.97 Å². The molecule has 1 aliphatic carbocycles. The number of nitrogens with zero attached hydrogens (tertiary/aromatic N) is 3. The number of aliphatic hydroxyl groups is 1. The summed E-state index contributed by atoms with van der Waals surface area (Å²) < 4.78 is 37.9. The van der Waals surface area contributed by atoms with Crippen LogP contribution >= 0.6 is 0 Å². The number of aliphatic imine (C=N–C) groups is 3. The molecule has 8 bridgehead atoms. The summed E-state index contributed by atoms with van der Waals surface area (Å²) in [6, 6.07) is 0. The van der Waals surface area contributed by atoms with Crippen LogP contribution in [0.15, 0.2) is 106 Å². The molecule has 0 unspecified atom stereocenters. The first-order valence-corrected chi connectivity index (χ1v) is 23.2. The van der Waals surface area contributed by atoms with Crippen LogP contribution in [0.25, 0.3) is 0 Å². The van der Waals surface area contributed by atoms with Gasteiger partial charge in [0.25, 0.3) is 16.0 Å². The van der Waals surface area contributed by atoms with Gasteiger partial charge in [-0.05, 0) is 80.6 Å². The van der Waals surface area contributed by atoms with E-state index in [1.165, 1.54) is 44.9 Å². The number of hydrogen-bond donors (Lipinski definition) is 4. The van der Waals surface area contributed by atoms with E-state index in [1.54, 1.807) is 13.0 Å². The largest absolute Gasteiger partial charge is 0.511 e. The summed E-state index contributed by atoms with van der Waals surface area (Å²) in [4.78, 5) is 42.0. The van der Waals surface area contributed by atoms with Crippen LogP contribution in [0.2, 0.25) is 0 Å². The first kappa shape index (κ1) is 43.9. The molecule has 0 saturated carbocycles. The highest BCUT2D eigenvalue weighted by molar-refractivity contribution is 7.85. The number of nitrogens with one attached hydrogen (secondary N) is 2. The SMILES string of the molecule is CCCCCCCCCCCCOC(=O)CC[C@@H]1C2=C3CC(O)=C4C3=NC(=C4C)C=C3N=C(C=C4N=C(C=C(N2)[C@H]1C)C(C)=C4C(=O)NCCS(=O)(=O)O)C(C)=C3CC. The highest BCUT2D eigenvalue weighted by atomic mass is 32.2. The van der Waals surface area contributed by atoms with E-state index in [9.17, 15) is 27.7 Å². The molecule has 6 aliphatic rings. The Balaban J connectivity index is 1.28. The van der Waals surface area contributed by atoms with E-state index >= 15 is 0 Å². The van der Waals surface area contributed by atoms with E-state index in [4.69, 9.17) is 19.7 Å². The second-order valence-electron chi connectivity index (χ2n) is 16.5. The number of hydrogen-bond acceptors (Lipinski definition) is 10. The molecular formula is C46H61N5O7S. The smallest absolute Gasteiger partial charge is 0.305 e. The number of unbranched alkanes of at least 4 members (excludes halogenated alkanes) is 9. The van der Waals surface area contributed by atoms with Gasteiger partial charge in [0.05, 0.1) is 52.2 Å².